The third kappa shape index (κ3) is 2.46. The Morgan fingerprint density at radius 2 is 1.95 bits per heavy atom. The van der Waals surface area contributed by atoms with E-state index < -0.39 is 5.54 Å². The zero-order valence-electron chi connectivity index (χ0n) is 11.7. The number of benzene rings is 1. The topological polar surface area (TPSA) is 75.4 Å². The number of carbonyl (C=O) groups excluding carboxylic acids is 2. The predicted molar refractivity (Wildman–Crippen MR) is 80.8 cm³/mol. The molecule has 1 aromatic carbocycles. The van der Waals surface area contributed by atoms with Crippen molar-refractivity contribution in [3.63, 3.8) is 0 Å². The van der Waals surface area contributed by atoms with E-state index >= 15 is 0 Å². The summed E-state index contributed by atoms with van der Waals surface area (Å²) >= 11 is 5.96. The smallest absolute Gasteiger partial charge is 0.325 e. The Labute approximate surface area is 128 Å². The van der Waals surface area contributed by atoms with Gasteiger partial charge in [0, 0.05) is 10.7 Å². The Bertz CT molecular complexity index is 597. The standard InChI is InChI=1S/C15H18ClN3O2/c16-11-4-5-12(17)10(8-11)9-19-13(20)15(18-14(19)21)6-2-1-3-7-15/h4-5,8H,1-3,6-7,9,17H2,(H,18,21). The van der Waals surface area contributed by atoms with Gasteiger partial charge < -0.3 is 11.1 Å². The highest BCUT2D eigenvalue weighted by atomic mass is 35.5. The maximum atomic E-state index is 12.7. The first-order chi connectivity index (χ1) is 10.0. The first kappa shape index (κ1) is 14.2. The van der Waals surface area contributed by atoms with Gasteiger partial charge in [0.2, 0.25) is 0 Å². The molecule has 21 heavy (non-hydrogen) atoms. The predicted octanol–water partition coefficient (Wildman–Crippen LogP) is 2.68. The molecule has 0 radical (unpaired) electrons. The maximum absolute atomic E-state index is 12.7. The van der Waals surface area contributed by atoms with Crippen LogP contribution >= 0.6 is 11.6 Å². The van der Waals surface area contributed by atoms with Gasteiger partial charge in [-0.25, -0.2) is 4.79 Å². The Morgan fingerprint density at radius 1 is 1.24 bits per heavy atom. The average Bonchev–Trinajstić information content (AvgIpc) is 2.68. The largest absolute Gasteiger partial charge is 0.398 e. The molecular weight excluding hydrogens is 290 g/mol. The SMILES string of the molecule is Nc1ccc(Cl)cc1CN1C(=O)NC2(CCCCC2)C1=O. The number of halogens is 1. The highest BCUT2D eigenvalue weighted by Gasteiger charge is 2.51. The third-order valence-electron chi connectivity index (χ3n) is 4.39. The number of nitrogens with zero attached hydrogens (tertiary/aromatic N) is 1. The van der Waals surface area contributed by atoms with Crippen LogP contribution in [-0.2, 0) is 11.3 Å². The van der Waals surface area contributed by atoms with E-state index in [1.165, 1.54) is 4.90 Å². The van der Waals surface area contributed by atoms with Crippen molar-refractivity contribution in [1.29, 1.82) is 0 Å². The molecule has 1 aliphatic heterocycles. The molecule has 1 saturated carbocycles. The molecule has 2 fully saturated rings. The lowest BCUT2D eigenvalue weighted by molar-refractivity contribution is -0.132. The maximum Gasteiger partial charge on any atom is 0.325 e. The number of anilines is 1. The molecule has 3 N–H and O–H groups in total. The number of nitrogen functional groups attached to an aromatic ring is 1. The third-order valence-corrected chi connectivity index (χ3v) is 4.62. The molecular formula is C15H18ClN3O2. The molecule has 0 atom stereocenters. The van der Waals surface area contributed by atoms with Gasteiger partial charge in [0.1, 0.15) is 5.54 Å². The number of amides is 3. The molecule has 3 amide bonds. The van der Waals surface area contributed by atoms with E-state index in [0.717, 1.165) is 32.1 Å². The minimum Gasteiger partial charge on any atom is -0.398 e. The van der Waals surface area contributed by atoms with Gasteiger partial charge in [0.05, 0.1) is 6.54 Å². The van der Waals surface area contributed by atoms with Gasteiger partial charge in [-0.3, -0.25) is 9.69 Å². The summed E-state index contributed by atoms with van der Waals surface area (Å²) in [5.41, 5.74) is 6.43. The van der Waals surface area contributed by atoms with Gasteiger partial charge in [0.15, 0.2) is 0 Å². The van der Waals surface area contributed by atoms with Crippen molar-refractivity contribution in [1.82, 2.24) is 10.2 Å². The number of urea groups is 1. The summed E-state index contributed by atoms with van der Waals surface area (Å²) in [5, 5.41) is 3.43. The van der Waals surface area contributed by atoms with Crippen LogP contribution in [0, 0.1) is 0 Å². The fourth-order valence-corrected chi connectivity index (χ4v) is 3.39. The van der Waals surface area contributed by atoms with Crippen molar-refractivity contribution >= 4 is 29.2 Å². The number of imide groups is 1. The van der Waals surface area contributed by atoms with Crippen molar-refractivity contribution in [2.45, 2.75) is 44.2 Å². The van der Waals surface area contributed by atoms with E-state index in [9.17, 15) is 9.59 Å². The summed E-state index contributed by atoms with van der Waals surface area (Å²) in [6.45, 7) is 0.165. The summed E-state index contributed by atoms with van der Waals surface area (Å²) in [7, 11) is 0. The zero-order valence-corrected chi connectivity index (χ0v) is 12.4. The molecule has 6 heteroatoms. The Kier molecular flexibility index (Phi) is 3.53. The molecule has 2 aliphatic rings. The van der Waals surface area contributed by atoms with E-state index in [1.807, 2.05) is 0 Å². The summed E-state index contributed by atoms with van der Waals surface area (Å²) in [6.07, 6.45) is 4.50. The van der Waals surface area contributed by atoms with Crippen LogP contribution in [0.3, 0.4) is 0 Å². The van der Waals surface area contributed by atoms with E-state index in [4.69, 9.17) is 17.3 Å². The minimum atomic E-state index is -0.692. The van der Waals surface area contributed by atoms with E-state index in [0.29, 0.717) is 16.3 Å². The molecule has 0 unspecified atom stereocenters. The second-order valence-corrected chi connectivity index (χ2v) is 6.24. The van der Waals surface area contributed by atoms with Crippen LogP contribution in [0.5, 0.6) is 0 Å². The molecule has 1 heterocycles. The molecule has 0 bridgehead atoms. The second-order valence-electron chi connectivity index (χ2n) is 5.81. The van der Waals surface area contributed by atoms with Gasteiger partial charge in [0.25, 0.3) is 5.91 Å². The molecule has 1 aliphatic carbocycles. The highest BCUT2D eigenvalue weighted by molar-refractivity contribution is 6.30. The molecule has 1 aromatic rings. The summed E-state index contributed by atoms with van der Waals surface area (Å²) in [4.78, 5) is 26.1. The van der Waals surface area contributed by atoms with Crippen LogP contribution in [0.25, 0.3) is 0 Å². The lowest BCUT2D eigenvalue weighted by atomic mass is 9.82. The number of nitrogens with one attached hydrogen (secondary N) is 1. The normalized spacial score (nSPS) is 20.9. The van der Waals surface area contributed by atoms with Crippen molar-refractivity contribution in [2.75, 3.05) is 5.73 Å². The van der Waals surface area contributed by atoms with Gasteiger partial charge in [-0.1, -0.05) is 30.9 Å². The Morgan fingerprint density at radius 3 is 2.67 bits per heavy atom. The monoisotopic (exact) mass is 307 g/mol. The van der Waals surface area contributed by atoms with Crippen LogP contribution in [0.1, 0.15) is 37.7 Å². The fraction of sp³-hybridized carbons (Fsp3) is 0.467. The van der Waals surface area contributed by atoms with E-state index in [-0.39, 0.29) is 18.5 Å². The average molecular weight is 308 g/mol. The number of nitrogens with two attached hydrogens (primary N) is 1. The fourth-order valence-electron chi connectivity index (χ4n) is 3.20. The van der Waals surface area contributed by atoms with Crippen molar-refractivity contribution in [3.05, 3.63) is 28.8 Å². The Balaban J connectivity index is 1.84. The summed E-state index contributed by atoms with van der Waals surface area (Å²) < 4.78 is 0. The second kappa shape index (κ2) is 5.22. The molecule has 1 saturated heterocycles. The molecule has 1 spiro atoms. The molecule has 5 nitrogen and oxygen atoms in total. The first-order valence-corrected chi connectivity index (χ1v) is 7.58. The number of hydrogen-bond acceptors (Lipinski definition) is 3. The molecule has 3 rings (SSSR count). The van der Waals surface area contributed by atoms with Gasteiger partial charge in [-0.2, -0.15) is 0 Å². The van der Waals surface area contributed by atoms with Crippen LogP contribution < -0.4 is 11.1 Å². The molecule has 0 aromatic heterocycles. The van der Waals surface area contributed by atoms with Gasteiger partial charge in [-0.15, -0.1) is 0 Å². The van der Waals surface area contributed by atoms with Gasteiger partial charge >= 0.3 is 6.03 Å². The van der Waals surface area contributed by atoms with Crippen molar-refractivity contribution in [3.8, 4) is 0 Å². The number of rotatable bonds is 2. The quantitative estimate of drug-likeness (QED) is 0.651. The highest BCUT2D eigenvalue weighted by Crippen LogP contribution is 2.34. The van der Waals surface area contributed by atoms with Crippen molar-refractivity contribution in [2.24, 2.45) is 0 Å². The summed E-state index contributed by atoms with van der Waals surface area (Å²) in [5.74, 6) is -0.133. The van der Waals surface area contributed by atoms with Crippen LogP contribution in [0.2, 0.25) is 5.02 Å². The summed E-state index contributed by atoms with van der Waals surface area (Å²) in [6, 6.07) is 4.74. The van der Waals surface area contributed by atoms with E-state index in [1.54, 1.807) is 18.2 Å². The lowest BCUT2D eigenvalue weighted by Crippen LogP contribution is -2.48. The Hall–Kier alpha value is -1.75. The number of hydrogen-bond donors (Lipinski definition) is 2. The zero-order chi connectivity index (χ0) is 15.0. The van der Waals surface area contributed by atoms with Crippen LogP contribution in [0.15, 0.2) is 18.2 Å². The minimum absolute atomic E-state index is 0.133. The van der Waals surface area contributed by atoms with Crippen LogP contribution in [0.4, 0.5) is 10.5 Å². The first-order valence-electron chi connectivity index (χ1n) is 7.20. The molecule has 112 valence electrons. The van der Waals surface area contributed by atoms with Crippen LogP contribution in [-0.4, -0.2) is 22.4 Å². The number of carbonyl (C=O) groups is 2. The van der Waals surface area contributed by atoms with Gasteiger partial charge in [-0.05, 0) is 36.6 Å². The van der Waals surface area contributed by atoms with E-state index in [2.05, 4.69) is 5.32 Å². The van der Waals surface area contributed by atoms with Crippen molar-refractivity contribution < 1.29 is 9.59 Å². The lowest BCUT2D eigenvalue weighted by Gasteiger charge is -2.30.